The molecule has 7 heteroatoms. The number of hydrogen-bond donors (Lipinski definition) is 2. The maximum Gasteiger partial charge on any atom is 0.266 e. The molecule has 1 amide bonds. The van der Waals surface area contributed by atoms with Gasteiger partial charge in [-0.1, -0.05) is 11.6 Å². The van der Waals surface area contributed by atoms with Gasteiger partial charge in [0, 0.05) is 22.7 Å². The molecule has 3 rings (SSSR count). The van der Waals surface area contributed by atoms with E-state index >= 15 is 0 Å². The second-order valence-electron chi connectivity index (χ2n) is 6.72. The summed E-state index contributed by atoms with van der Waals surface area (Å²) in [7, 11) is 0. The largest absolute Gasteiger partial charge is 0.459 e. The van der Waals surface area contributed by atoms with E-state index in [2.05, 4.69) is 10.3 Å². The normalized spacial score (nSPS) is 10.6. The average Bonchev–Trinajstić information content (AvgIpc) is 3.16. The Morgan fingerprint density at radius 1 is 1.21 bits per heavy atom. The molecule has 6 nitrogen and oxygen atoms in total. The molecular formula is C22H20ClN3O3. The van der Waals surface area contributed by atoms with Crippen LogP contribution in [0.3, 0.4) is 0 Å². The van der Waals surface area contributed by atoms with Crippen LogP contribution in [0.1, 0.15) is 34.6 Å². The Kier molecular flexibility index (Phi) is 6.20. The van der Waals surface area contributed by atoms with E-state index in [0.717, 1.165) is 11.1 Å². The number of aromatic amines is 1. The third kappa shape index (κ3) is 4.76. The number of nitriles is 1. The Bertz CT molecular complexity index is 1140. The summed E-state index contributed by atoms with van der Waals surface area (Å²) in [5, 5.41) is 12.6. The molecule has 0 aliphatic heterocycles. The van der Waals surface area contributed by atoms with Gasteiger partial charge in [-0.2, -0.15) is 5.26 Å². The second-order valence-corrected chi connectivity index (χ2v) is 7.16. The van der Waals surface area contributed by atoms with Crippen LogP contribution in [0.5, 0.6) is 0 Å². The molecule has 2 heterocycles. The van der Waals surface area contributed by atoms with Crippen LogP contribution < -0.4 is 10.9 Å². The van der Waals surface area contributed by atoms with Crippen LogP contribution in [-0.4, -0.2) is 10.9 Å². The molecule has 148 valence electrons. The number of pyridine rings is 1. The molecular weight excluding hydrogens is 390 g/mol. The summed E-state index contributed by atoms with van der Waals surface area (Å²) >= 11 is 5.90. The summed E-state index contributed by atoms with van der Waals surface area (Å²) in [6.45, 7) is 3.78. The minimum absolute atomic E-state index is 0.0938. The Morgan fingerprint density at radius 2 is 1.93 bits per heavy atom. The summed E-state index contributed by atoms with van der Waals surface area (Å²) < 4.78 is 5.77. The van der Waals surface area contributed by atoms with Crippen molar-refractivity contribution in [3.8, 4) is 17.4 Å². The van der Waals surface area contributed by atoms with E-state index in [1.807, 2.05) is 30.3 Å². The quantitative estimate of drug-likeness (QED) is 0.642. The highest BCUT2D eigenvalue weighted by Crippen LogP contribution is 2.23. The molecule has 3 aromatic rings. The van der Waals surface area contributed by atoms with Crippen LogP contribution in [0, 0.1) is 25.2 Å². The molecule has 1 aromatic carbocycles. The van der Waals surface area contributed by atoms with E-state index in [9.17, 15) is 9.59 Å². The van der Waals surface area contributed by atoms with Gasteiger partial charge >= 0.3 is 0 Å². The number of nitrogens with one attached hydrogen (secondary N) is 2. The molecule has 0 unspecified atom stereocenters. The van der Waals surface area contributed by atoms with Gasteiger partial charge in [0.15, 0.2) is 0 Å². The second kappa shape index (κ2) is 8.80. The lowest BCUT2D eigenvalue weighted by atomic mass is 9.99. The van der Waals surface area contributed by atoms with Gasteiger partial charge in [0.1, 0.15) is 23.2 Å². The van der Waals surface area contributed by atoms with E-state index in [-0.39, 0.29) is 24.4 Å². The lowest BCUT2D eigenvalue weighted by molar-refractivity contribution is -0.121. The Balaban J connectivity index is 1.58. The molecule has 0 spiro atoms. The van der Waals surface area contributed by atoms with Crippen molar-refractivity contribution < 1.29 is 9.21 Å². The number of carbonyl (C=O) groups is 1. The summed E-state index contributed by atoms with van der Waals surface area (Å²) in [6.07, 6.45) is 0.673. The number of amides is 1. The van der Waals surface area contributed by atoms with Crippen LogP contribution >= 0.6 is 11.6 Å². The van der Waals surface area contributed by atoms with E-state index in [0.29, 0.717) is 34.2 Å². The van der Waals surface area contributed by atoms with Gasteiger partial charge in [0.25, 0.3) is 5.56 Å². The lowest BCUT2D eigenvalue weighted by Gasteiger charge is -2.10. The van der Waals surface area contributed by atoms with Crippen molar-refractivity contribution in [3.05, 3.63) is 79.9 Å². The Labute approximate surface area is 173 Å². The zero-order chi connectivity index (χ0) is 21.0. The van der Waals surface area contributed by atoms with Gasteiger partial charge in [-0.3, -0.25) is 9.59 Å². The van der Waals surface area contributed by atoms with Crippen molar-refractivity contribution >= 4 is 17.5 Å². The fraction of sp³-hybridized carbons (Fsp3) is 0.227. The number of furan rings is 1. The van der Waals surface area contributed by atoms with Gasteiger partial charge < -0.3 is 14.7 Å². The first-order valence-corrected chi connectivity index (χ1v) is 9.50. The fourth-order valence-electron chi connectivity index (χ4n) is 3.18. The monoisotopic (exact) mass is 409 g/mol. The van der Waals surface area contributed by atoms with Crippen molar-refractivity contribution in [1.29, 1.82) is 5.26 Å². The number of halogens is 1. The summed E-state index contributed by atoms with van der Waals surface area (Å²) in [6, 6.07) is 12.9. The van der Waals surface area contributed by atoms with Crippen LogP contribution in [-0.2, 0) is 17.8 Å². The third-order valence-corrected chi connectivity index (χ3v) is 5.02. The molecule has 0 saturated carbocycles. The average molecular weight is 410 g/mol. The first-order chi connectivity index (χ1) is 13.9. The SMILES string of the molecule is Cc1[nH]c(=O)c(C#N)c(C)c1CCC(=O)NCc1ccc(-c2ccc(Cl)cc2)o1. The standard InChI is InChI=1S/C22H20ClN3O3/c1-13-18(14(2)26-22(28)19(13)11-24)8-10-21(27)25-12-17-7-9-20(29-17)15-3-5-16(23)6-4-15/h3-7,9H,8,10,12H2,1-2H3,(H,25,27)(H,26,28). The highest BCUT2D eigenvalue weighted by Gasteiger charge is 2.13. The minimum atomic E-state index is -0.398. The zero-order valence-electron chi connectivity index (χ0n) is 16.1. The molecule has 0 aliphatic rings. The van der Waals surface area contributed by atoms with Crippen LogP contribution in [0.25, 0.3) is 11.3 Å². The smallest absolute Gasteiger partial charge is 0.266 e. The molecule has 0 atom stereocenters. The maximum absolute atomic E-state index is 12.2. The van der Waals surface area contributed by atoms with E-state index in [1.165, 1.54) is 0 Å². The number of hydrogen-bond acceptors (Lipinski definition) is 4. The maximum atomic E-state index is 12.2. The molecule has 0 bridgehead atoms. The highest BCUT2D eigenvalue weighted by atomic mass is 35.5. The number of H-pyrrole nitrogens is 1. The third-order valence-electron chi connectivity index (χ3n) is 4.77. The van der Waals surface area contributed by atoms with Crippen molar-refractivity contribution in [1.82, 2.24) is 10.3 Å². The molecule has 0 fully saturated rings. The van der Waals surface area contributed by atoms with Crippen LogP contribution in [0.4, 0.5) is 0 Å². The lowest BCUT2D eigenvalue weighted by Crippen LogP contribution is -2.23. The molecule has 2 N–H and O–H groups in total. The number of rotatable bonds is 6. The van der Waals surface area contributed by atoms with E-state index in [1.54, 1.807) is 26.0 Å². The van der Waals surface area contributed by atoms with Crippen molar-refractivity contribution in [3.63, 3.8) is 0 Å². The van der Waals surface area contributed by atoms with Crippen LogP contribution in [0.2, 0.25) is 5.02 Å². The van der Waals surface area contributed by atoms with Gasteiger partial charge in [-0.05, 0) is 67.8 Å². The Morgan fingerprint density at radius 3 is 2.62 bits per heavy atom. The first-order valence-electron chi connectivity index (χ1n) is 9.13. The molecule has 2 aromatic heterocycles. The van der Waals surface area contributed by atoms with Crippen molar-refractivity contribution in [2.24, 2.45) is 0 Å². The predicted molar refractivity (Wildman–Crippen MR) is 111 cm³/mol. The fourth-order valence-corrected chi connectivity index (χ4v) is 3.30. The first kappa shape index (κ1) is 20.4. The van der Waals surface area contributed by atoms with Crippen molar-refractivity contribution in [2.75, 3.05) is 0 Å². The summed E-state index contributed by atoms with van der Waals surface area (Å²) in [4.78, 5) is 26.7. The number of carbonyl (C=O) groups excluding carboxylic acids is 1. The van der Waals surface area contributed by atoms with Crippen molar-refractivity contribution in [2.45, 2.75) is 33.2 Å². The molecule has 0 saturated heterocycles. The van der Waals surface area contributed by atoms with E-state index in [4.69, 9.17) is 21.3 Å². The molecule has 0 aliphatic carbocycles. The topological polar surface area (TPSA) is 98.9 Å². The summed E-state index contributed by atoms with van der Waals surface area (Å²) in [5.74, 6) is 1.21. The summed E-state index contributed by atoms with van der Waals surface area (Å²) in [5.41, 5.74) is 2.73. The van der Waals surface area contributed by atoms with E-state index < -0.39 is 5.56 Å². The highest BCUT2D eigenvalue weighted by molar-refractivity contribution is 6.30. The van der Waals surface area contributed by atoms with Gasteiger partial charge in [-0.15, -0.1) is 0 Å². The van der Waals surface area contributed by atoms with Crippen LogP contribution in [0.15, 0.2) is 45.6 Å². The molecule has 29 heavy (non-hydrogen) atoms. The predicted octanol–water partition coefficient (Wildman–Crippen LogP) is 4.03. The number of aryl methyl sites for hydroxylation is 1. The van der Waals surface area contributed by atoms with Gasteiger partial charge in [0.05, 0.1) is 6.54 Å². The van der Waals surface area contributed by atoms with Gasteiger partial charge in [-0.25, -0.2) is 0 Å². The Hall–Kier alpha value is -3.30. The number of benzene rings is 1. The zero-order valence-corrected chi connectivity index (χ0v) is 16.9. The molecule has 0 radical (unpaired) electrons. The number of nitrogens with zero attached hydrogens (tertiary/aromatic N) is 1. The minimum Gasteiger partial charge on any atom is -0.459 e. The van der Waals surface area contributed by atoms with Gasteiger partial charge in [0.2, 0.25) is 5.91 Å². The number of aromatic nitrogens is 1.